The minimum Gasteiger partial charge on any atom is -0.376 e. The zero-order valence-electron chi connectivity index (χ0n) is 70.9. The Bertz CT molecular complexity index is 4840. The lowest BCUT2D eigenvalue weighted by Gasteiger charge is -2.38. The van der Waals surface area contributed by atoms with Gasteiger partial charge in [0.2, 0.25) is 5.91 Å². The van der Waals surface area contributed by atoms with Crippen molar-refractivity contribution in [3.8, 4) is 0 Å². The molecule has 118 heavy (non-hydrogen) atoms. The number of aromatic nitrogens is 16. The number of hydrogen-bond acceptors (Lipinski definition) is 25. The molecule has 5 aliphatic heterocycles. The predicted molar refractivity (Wildman–Crippen MR) is 481 cm³/mol. The standard InChI is InChI=1S/C24H36N6OSi.C19H21Cl2N7O.C17H30N6OSi.C13H20N2.C11H16N6/c1-28(21-11-8-12-29(17-21)16-20-9-6-5-7-10-20)23-22-15-27-30(24(22)26-18-25-23)19-31-13-14-32(2,3)4;1-27(19-16-8-25-26-18(16)23-11-24-19)15-3-2-4-28(10-15)17(29)9-22-14-6-12(20)5-13(21)7-14;1-22(14-6-5-7-18-10-14)16-15-11-21-23(17(15)20-12-19-16)13-24-8-9-25(2,3)4;1-14-13-8-5-9-15(11-13)10-12-6-3-2-4-7-12;1-17(8-3-2-4-12-5-8)11-9-6-15-16-10(9)13-7-14-11/h5-7,9-10,15,18,21H,8,11-14,16-17,19H2,1-4H3;5-8,11,15,22H,2-4,9-10H2,1H3,(H,23,24,25,26);11-12,14,18H,5-10,13H2,1-4H3;2-4,6-7,13-14H,5,8-11H2,1H3;6-8,12H,2-5H2,1H3,(H,13,14,15,16)/t21-;15-;14-;13-;8-/m11111/s1. The molecular weight excluding hydrogens is 1560 g/mol. The lowest BCUT2D eigenvalue weighted by atomic mass is 10.0. The maximum absolute atomic E-state index is 12.8. The largest absolute Gasteiger partial charge is 0.376 e. The summed E-state index contributed by atoms with van der Waals surface area (Å²) in [4.78, 5) is 63.9. The minimum absolute atomic E-state index is 0.0374. The Labute approximate surface area is 706 Å². The molecule has 5 atom stereocenters. The summed E-state index contributed by atoms with van der Waals surface area (Å²) in [7, 11) is 8.25. The SMILES string of the molecule is CN(c1ncnc2[nH]ncc12)[C@@H]1CCCN(C(=O)CNc2cc(Cl)cc(Cl)c2)C1.CN(c1ncnc2[nH]ncc12)[C@@H]1CCCNC1.CN(c1ncnc2c1cnn2COCC[Si](C)(C)C)[C@@H]1CCCN(Cc2ccccc2)C1.CN(c1ncnc2c1cnn2COCC[Si](C)(C)C)[C@@H]1CCCNC1.CN[C@@H]1CCCN(Cc2ccccc2)C1. The Hall–Kier alpha value is -8.94. The summed E-state index contributed by atoms with van der Waals surface area (Å²) in [6.07, 6.45) is 25.4. The number of H-pyrrole nitrogens is 2. The number of hydrogen-bond donors (Lipinski definition) is 6. The molecule has 1 amide bonds. The summed E-state index contributed by atoms with van der Waals surface area (Å²) < 4.78 is 15.4. The number of aromatic amines is 2. The van der Waals surface area contributed by atoms with E-state index in [-0.39, 0.29) is 18.5 Å². The third-order valence-electron chi connectivity index (χ3n) is 22.7. The number of nitrogens with zero attached hydrogens (tertiary/aromatic N) is 21. The van der Waals surface area contributed by atoms with Gasteiger partial charge in [0.25, 0.3) is 0 Å². The molecule has 3 aromatic carbocycles. The van der Waals surface area contributed by atoms with Crippen LogP contribution in [0.15, 0.2) is 129 Å². The molecule has 0 saturated carbocycles. The molecule has 0 bridgehead atoms. The maximum Gasteiger partial charge on any atom is 0.241 e. The molecule has 634 valence electrons. The van der Waals surface area contributed by atoms with Crippen LogP contribution in [0.4, 0.5) is 29.0 Å². The van der Waals surface area contributed by atoms with E-state index >= 15 is 0 Å². The van der Waals surface area contributed by atoms with Crippen LogP contribution in [0.2, 0.25) is 61.4 Å². The Balaban J connectivity index is 0.000000139. The normalized spacial score (nSPS) is 18.8. The van der Waals surface area contributed by atoms with Gasteiger partial charge in [0, 0.05) is 156 Å². The number of halogens is 2. The minimum atomic E-state index is -1.10. The molecule has 13 heterocycles. The molecule has 30 nitrogen and oxygen atoms in total. The summed E-state index contributed by atoms with van der Waals surface area (Å²) in [6.45, 7) is 29.1. The van der Waals surface area contributed by atoms with E-state index in [1.54, 1.807) is 49.6 Å². The van der Waals surface area contributed by atoms with Crippen LogP contribution in [0.5, 0.6) is 0 Å². The molecule has 16 rings (SSSR count). The second-order valence-corrected chi connectivity index (χ2v) is 46.1. The fourth-order valence-electron chi connectivity index (χ4n) is 15.7. The van der Waals surface area contributed by atoms with Crippen molar-refractivity contribution in [2.45, 2.75) is 172 Å². The van der Waals surface area contributed by atoms with E-state index in [1.807, 2.05) is 33.7 Å². The fourth-order valence-corrected chi connectivity index (χ4v) is 17.7. The molecule has 0 aliphatic carbocycles. The summed E-state index contributed by atoms with van der Waals surface area (Å²) >= 11 is 12.0. The number of benzene rings is 3. The third kappa shape index (κ3) is 25.3. The number of likely N-dealkylation sites (tertiary alicyclic amines) is 3. The first kappa shape index (κ1) is 88.4. The van der Waals surface area contributed by atoms with Crippen LogP contribution in [0.1, 0.15) is 75.3 Å². The van der Waals surface area contributed by atoms with Crippen molar-refractivity contribution in [1.82, 2.24) is 110 Å². The number of carbonyl (C=O) groups is 1. The molecular formula is C84H123Cl2N27O3Si2. The number of ether oxygens (including phenoxy) is 2. The predicted octanol–water partition coefficient (Wildman–Crippen LogP) is 12.2. The van der Waals surface area contributed by atoms with Gasteiger partial charge in [-0.1, -0.05) is 123 Å². The van der Waals surface area contributed by atoms with Crippen molar-refractivity contribution in [3.05, 3.63) is 150 Å². The number of amides is 1. The van der Waals surface area contributed by atoms with Crippen molar-refractivity contribution in [2.24, 2.45) is 0 Å². The summed E-state index contributed by atoms with van der Waals surface area (Å²) in [6, 6.07) is 31.2. The molecule has 5 aliphatic rings. The van der Waals surface area contributed by atoms with Gasteiger partial charge in [-0.3, -0.25) is 24.8 Å². The Morgan fingerprint density at radius 2 is 0.941 bits per heavy atom. The van der Waals surface area contributed by atoms with Crippen molar-refractivity contribution in [1.29, 1.82) is 0 Å². The van der Waals surface area contributed by atoms with Crippen LogP contribution in [0.25, 0.3) is 44.1 Å². The lowest BCUT2D eigenvalue weighted by Crippen LogP contribution is -2.50. The number of rotatable bonds is 26. The van der Waals surface area contributed by atoms with Crippen LogP contribution in [-0.2, 0) is 40.8 Å². The van der Waals surface area contributed by atoms with Crippen molar-refractivity contribution in [2.75, 3.05) is 145 Å². The van der Waals surface area contributed by atoms with E-state index in [4.69, 9.17) is 32.7 Å². The first-order valence-electron chi connectivity index (χ1n) is 41.9. The van der Waals surface area contributed by atoms with E-state index in [0.717, 1.165) is 164 Å². The Morgan fingerprint density at radius 3 is 1.41 bits per heavy atom. The zero-order chi connectivity index (χ0) is 83.0. The molecule has 6 N–H and O–H groups in total. The molecule has 0 unspecified atom stereocenters. The second-order valence-electron chi connectivity index (χ2n) is 34.0. The molecule has 11 aromatic rings. The third-order valence-corrected chi connectivity index (χ3v) is 26.6. The van der Waals surface area contributed by atoms with Crippen LogP contribution in [0.3, 0.4) is 0 Å². The number of carbonyl (C=O) groups excluding carboxylic acids is 1. The fraction of sp³-hybridized carbons (Fsp3) is 0.536. The first-order valence-corrected chi connectivity index (χ1v) is 50.1. The average molecular weight is 1690 g/mol. The van der Waals surface area contributed by atoms with E-state index in [2.05, 4.69) is 249 Å². The number of likely N-dealkylation sites (N-methyl/N-ethyl adjacent to an activating group) is 5. The van der Waals surface area contributed by atoms with Crippen LogP contribution in [0, 0.1) is 0 Å². The monoisotopic (exact) mass is 1680 g/mol. The van der Waals surface area contributed by atoms with Gasteiger partial charge in [0.1, 0.15) is 62.0 Å². The molecule has 0 spiro atoms. The van der Waals surface area contributed by atoms with Gasteiger partial charge in [0.05, 0.1) is 52.9 Å². The molecule has 8 aromatic heterocycles. The van der Waals surface area contributed by atoms with E-state index < -0.39 is 16.1 Å². The maximum atomic E-state index is 12.8. The van der Waals surface area contributed by atoms with Crippen LogP contribution >= 0.6 is 23.2 Å². The van der Waals surface area contributed by atoms with Crippen LogP contribution in [-0.4, -0.2) is 267 Å². The molecule has 0 radical (unpaired) electrons. The van der Waals surface area contributed by atoms with Gasteiger partial charge in [-0.15, -0.1) is 0 Å². The average Bonchev–Trinajstić information content (AvgIpc) is 1.62. The van der Waals surface area contributed by atoms with Gasteiger partial charge in [0.15, 0.2) is 22.6 Å². The second kappa shape index (κ2) is 43.3. The highest BCUT2D eigenvalue weighted by atomic mass is 35.5. The molecule has 5 fully saturated rings. The number of fused-ring (bicyclic) bond motifs is 4. The van der Waals surface area contributed by atoms with Gasteiger partial charge >= 0.3 is 0 Å². The summed E-state index contributed by atoms with van der Waals surface area (Å²) in [5, 5.41) is 41.1. The van der Waals surface area contributed by atoms with Crippen molar-refractivity contribution >= 4 is 118 Å². The van der Waals surface area contributed by atoms with Crippen molar-refractivity contribution in [3.63, 3.8) is 0 Å². The highest BCUT2D eigenvalue weighted by molar-refractivity contribution is 6.76. The highest BCUT2D eigenvalue weighted by Gasteiger charge is 2.31. The van der Waals surface area contributed by atoms with E-state index in [9.17, 15) is 4.79 Å². The topological polar surface area (TPSA) is 302 Å². The number of nitrogens with one attached hydrogen (secondary N) is 6. The number of anilines is 5. The Morgan fingerprint density at radius 1 is 0.508 bits per heavy atom. The van der Waals surface area contributed by atoms with Gasteiger partial charge in [-0.05, 0) is 139 Å². The first-order chi connectivity index (χ1) is 57.1. The van der Waals surface area contributed by atoms with E-state index in [1.165, 1.54) is 81.9 Å². The highest BCUT2D eigenvalue weighted by Crippen LogP contribution is 2.32. The molecule has 34 heteroatoms. The molecule has 5 saturated heterocycles. The smallest absolute Gasteiger partial charge is 0.241 e. The van der Waals surface area contributed by atoms with Gasteiger partial charge in [-0.2, -0.15) is 20.4 Å². The summed E-state index contributed by atoms with van der Waals surface area (Å²) in [5.74, 6) is 3.71. The summed E-state index contributed by atoms with van der Waals surface area (Å²) in [5.41, 5.74) is 6.70. The van der Waals surface area contributed by atoms with E-state index in [0.29, 0.717) is 59.9 Å². The Kier molecular flexibility index (Phi) is 32.4. The zero-order valence-corrected chi connectivity index (χ0v) is 74.4. The van der Waals surface area contributed by atoms with Crippen LogP contribution < -0.4 is 40.9 Å². The number of piperidine rings is 5. The quantitative estimate of drug-likeness (QED) is 0.0217. The lowest BCUT2D eigenvalue weighted by molar-refractivity contribution is -0.130. The van der Waals surface area contributed by atoms with Crippen molar-refractivity contribution < 1.29 is 14.3 Å². The van der Waals surface area contributed by atoms with Gasteiger partial charge < -0.3 is 55.2 Å². The van der Waals surface area contributed by atoms with Gasteiger partial charge in [-0.25, -0.2) is 49.2 Å².